The van der Waals surface area contributed by atoms with Gasteiger partial charge in [0.25, 0.3) is 0 Å². The topological polar surface area (TPSA) is 118 Å². The first kappa shape index (κ1) is 26.6. The molecular weight excluding hydrogens is 468 g/mol. The maximum atomic E-state index is 12.1. The summed E-state index contributed by atoms with van der Waals surface area (Å²) in [6, 6.07) is 9.75. The van der Waals surface area contributed by atoms with Crippen molar-refractivity contribution in [3.8, 4) is 0 Å². The minimum Gasteiger partial charge on any atom is -0.440 e. The highest BCUT2D eigenvalue weighted by molar-refractivity contribution is 6.39. The van der Waals surface area contributed by atoms with Crippen LogP contribution in [0, 0.1) is 5.92 Å². The third-order valence-electron chi connectivity index (χ3n) is 7.16. The van der Waals surface area contributed by atoms with Crippen molar-refractivity contribution < 1.29 is 14.0 Å². The van der Waals surface area contributed by atoms with Gasteiger partial charge in [0.1, 0.15) is 11.3 Å². The minimum absolute atomic E-state index is 0.445. The molecule has 2 aliphatic rings. The number of rotatable bonds is 3. The molecular formula is C28H38N6O3. The molecule has 1 atom stereocenters. The Kier molecular flexibility index (Phi) is 8.76. The Hall–Kier alpha value is -3.46. The number of nitrogens with two attached hydrogens (primary N) is 1. The van der Waals surface area contributed by atoms with Crippen molar-refractivity contribution in [1.82, 2.24) is 19.8 Å². The smallest absolute Gasteiger partial charge is 0.313 e. The molecule has 2 saturated heterocycles. The second kappa shape index (κ2) is 12.2. The number of aromatic nitrogens is 2. The highest BCUT2D eigenvalue weighted by Crippen LogP contribution is 2.29. The van der Waals surface area contributed by atoms with Crippen molar-refractivity contribution in [3.63, 3.8) is 0 Å². The Balaban J connectivity index is 0.000000179. The summed E-state index contributed by atoms with van der Waals surface area (Å²) in [5.74, 6) is 1.24. The van der Waals surface area contributed by atoms with E-state index in [4.69, 9.17) is 10.2 Å². The summed E-state index contributed by atoms with van der Waals surface area (Å²) >= 11 is 0. The van der Waals surface area contributed by atoms with Gasteiger partial charge in [0.05, 0.1) is 11.9 Å². The van der Waals surface area contributed by atoms with Crippen LogP contribution in [0.25, 0.3) is 11.1 Å². The molecule has 4 heterocycles. The predicted molar refractivity (Wildman–Crippen MR) is 145 cm³/mol. The molecule has 0 radical (unpaired) electrons. The number of hydrogen-bond donors (Lipinski definition) is 2. The molecule has 2 aromatic heterocycles. The standard InChI is InChI=1S/C15H22N4O2.C13H16N2O/c1-3-11-7-12(8-17-13(11)16)18-14(20)15(21)19-6-4-5-10(2)9-19;1-15-8-6-10(7-9-15)13-14-11-4-2-3-5-12(11)16-13/h7-8,10H,3-6,9H2,1-2H3,(H2,16,17)(H,18,20);2-5,10H,6-9H2,1H3. The van der Waals surface area contributed by atoms with Crippen LogP contribution in [0.4, 0.5) is 11.5 Å². The van der Waals surface area contributed by atoms with E-state index in [9.17, 15) is 9.59 Å². The average Bonchev–Trinajstić information content (AvgIpc) is 3.34. The summed E-state index contributed by atoms with van der Waals surface area (Å²) in [6.45, 7) is 7.63. The number of likely N-dealkylation sites (tertiary alicyclic amines) is 2. The molecule has 37 heavy (non-hydrogen) atoms. The summed E-state index contributed by atoms with van der Waals surface area (Å²) in [6.07, 6.45) is 6.56. The Morgan fingerprint density at radius 3 is 2.62 bits per heavy atom. The van der Waals surface area contributed by atoms with E-state index in [0.29, 0.717) is 36.4 Å². The van der Waals surface area contributed by atoms with Gasteiger partial charge in [-0.3, -0.25) is 9.59 Å². The molecule has 3 aromatic rings. The zero-order chi connectivity index (χ0) is 26.4. The average molecular weight is 507 g/mol. The first-order valence-electron chi connectivity index (χ1n) is 13.2. The van der Waals surface area contributed by atoms with Crippen molar-refractivity contribution in [1.29, 1.82) is 0 Å². The number of para-hydroxylation sites is 2. The van der Waals surface area contributed by atoms with E-state index < -0.39 is 11.8 Å². The van der Waals surface area contributed by atoms with Gasteiger partial charge in [0.2, 0.25) is 0 Å². The van der Waals surface area contributed by atoms with E-state index in [0.717, 1.165) is 67.7 Å². The third kappa shape index (κ3) is 6.85. The first-order chi connectivity index (χ1) is 17.8. The lowest BCUT2D eigenvalue weighted by Gasteiger charge is -2.30. The fourth-order valence-corrected chi connectivity index (χ4v) is 4.89. The molecule has 0 bridgehead atoms. The Bertz CT molecular complexity index is 1180. The molecule has 198 valence electrons. The predicted octanol–water partition coefficient (Wildman–Crippen LogP) is 4.06. The van der Waals surface area contributed by atoms with E-state index in [1.54, 1.807) is 11.0 Å². The fraction of sp³-hybridized carbons (Fsp3) is 0.500. The number of pyridine rings is 1. The monoisotopic (exact) mass is 506 g/mol. The largest absolute Gasteiger partial charge is 0.440 e. The fourth-order valence-electron chi connectivity index (χ4n) is 4.89. The molecule has 0 saturated carbocycles. The zero-order valence-corrected chi connectivity index (χ0v) is 22.1. The van der Waals surface area contributed by atoms with Crippen LogP contribution < -0.4 is 11.1 Å². The molecule has 9 heteroatoms. The Morgan fingerprint density at radius 1 is 1.16 bits per heavy atom. The molecule has 1 aromatic carbocycles. The van der Waals surface area contributed by atoms with E-state index in [1.807, 2.05) is 31.2 Å². The quantitative estimate of drug-likeness (QED) is 0.514. The van der Waals surface area contributed by atoms with Crippen molar-refractivity contribution in [2.45, 2.75) is 51.9 Å². The highest BCUT2D eigenvalue weighted by Gasteiger charge is 2.26. The van der Waals surface area contributed by atoms with Gasteiger partial charge < -0.3 is 25.3 Å². The van der Waals surface area contributed by atoms with Gasteiger partial charge in [-0.1, -0.05) is 26.0 Å². The molecule has 2 aliphatic heterocycles. The second-order valence-electron chi connectivity index (χ2n) is 10.2. The van der Waals surface area contributed by atoms with Gasteiger partial charge in [-0.15, -0.1) is 0 Å². The van der Waals surface area contributed by atoms with Gasteiger partial charge in [-0.05, 0) is 81.9 Å². The third-order valence-corrected chi connectivity index (χ3v) is 7.16. The highest BCUT2D eigenvalue weighted by atomic mass is 16.3. The Labute approximate surface area is 218 Å². The van der Waals surface area contributed by atoms with Crippen LogP contribution in [-0.2, 0) is 16.0 Å². The number of benzene rings is 1. The number of aryl methyl sites for hydroxylation is 1. The number of carbonyl (C=O) groups is 2. The van der Waals surface area contributed by atoms with Gasteiger partial charge in [-0.25, -0.2) is 9.97 Å². The van der Waals surface area contributed by atoms with E-state index in [1.165, 1.54) is 6.20 Å². The van der Waals surface area contributed by atoms with Crippen LogP contribution in [0.2, 0.25) is 0 Å². The van der Waals surface area contributed by atoms with Gasteiger partial charge in [0.15, 0.2) is 11.5 Å². The zero-order valence-electron chi connectivity index (χ0n) is 22.1. The second-order valence-corrected chi connectivity index (χ2v) is 10.2. The number of piperidine rings is 2. The van der Waals surface area contributed by atoms with E-state index in [2.05, 4.69) is 34.2 Å². The molecule has 2 fully saturated rings. The van der Waals surface area contributed by atoms with Gasteiger partial charge in [-0.2, -0.15) is 0 Å². The summed E-state index contributed by atoms with van der Waals surface area (Å²) < 4.78 is 5.81. The number of hydrogen-bond acceptors (Lipinski definition) is 7. The summed E-state index contributed by atoms with van der Waals surface area (Å²) in [4.78, 5) is 36.8. The summed E-state index contributed by atoms with van der Waals surface area (Å²) in [5, 5.41) is 2.61. The minimum atomic E-state index is -0.613. The summed E-state index contributed by atoms with van der Waals surface area (Å²) in [7, 11) is 2.17. The molecule has 0 spiro atoms. The number of oxazole rings is 1. The van der Waals surface area contributed by atoms with Crippen LogP contribution in [0.1, 0.15) is 56.9 Å². The lowest BCUT2D eigenvalue weighted by Crippen LogP contribution is -2.44. The molecule has 3 N–H and O–H groups in total. The number of anilines is 2. The first-order valence-corrected chi connectivity index (χ1v) is 13.2. The lowest BCUT2D eigenvalue weighted by atomic mass is 9.97. The molecule has 9 nitrogen and oxygen atoms in total. The maximum Gasteiger partial charge on any atom is 0.313 e. The normalized spacial score (nSPS) is 18.8. The van der Waals surface area contributed by atoms with Gasteiger partial charge in [0, 0.05) is 19.0 Å². The van der Waals surface area contributed by atoms with E-state index in [-0.39, 0.29) is 0 Å². The van der Waals surface area contributed by atoms with Crippen molar-refractivity contribution in [2.24, 2.45) is 5.92 Å². The number of nitrogens with one attached hydrogen (secondary N) is 1. The van der Waals surface area contributed by atoms with Crippen molar-refractivity contribution >= 4 is 34.4 Å². The van der Waals surface area contributed by atoms with Gasteiger partial charge >= 0.3 is 11.8 Å². The van der Waals surface area contributed by atoms with Crippen LogP contribution in [0.15, 0.2) is 40.9 Å². The number of amides is 2. The SMILES string of the molecule is CCc1cc(NC(=O)C(=O)N2CCCC(C)C2)cnc1N.CN1CCC(c2nc3ccccc3o2)CC1. The van der Waals surface area contributed by atoms with Crippen LogP contribution in [0.3, 0.4) is 0 Å². The molecule has 2 amide bonds. The van der Waals surface area contributed by atoms with Crippen molar-refractivity contribution in [2.75, 3.05) is 44.3 Å². The number of fused-ring (bicyclic) bond motifs is 1. The number of nitrogen functional groups attached to an aromatic ring is 1. The molecule has 0 aliphatic carbocycles. The molecule has 1 unspecified atom stereocenters. The van der Waals surface area contributed by atoms with Crippen LogP contribution in [-0.4, -0.2) is 64.8 Å². The number of carbonyl (C=O) groups excluding carboxylic acids is 2. The van der Waals surface area contributed by atoms with E-state index >= 15 is 0 Å². The van der Waals surface area contributed by atoms with Crippen LogP contribution >= 0.6 is 0 Å². The van der Waals surface area contributed by atoms with Crippen LogP contribution in [0.5, 0.6) is 0 Å². The maximum absolute atomic E-state index is 12.1. The Morgan fingerprint density at radius 2 is 1.92 bits per heavy atom. The lowest BCUT2D eigenvalue weighted by molar-refractivity contribution is -0.144. The molecule has 5 rings (SSSR count). The summed E-state index contributed by atoms with van der Waals surface area (Å²) in [5.41, 5.74) is 8.98. The van der Waals surface area contributed by atoms with Crippen molar-refractivity contribution in [3.05, 3.63) is 48.0 Å². The number of nitrogens with zero attached hydrogens (tertiary/aromatic N) is 4.